The molecule has 1 amide bonds. The Labute approximate surface area is 95.0 Å². The highest BCUT2D eigenvalue weighted by molar-refractivity contribution is 5.87. The molecule has 16 heavy (non-hydrogen) atoms. The number of carbonyl (C=O) groups is 1. The van der Waals surface area contributed by atoms with Crippen molar-refractivity contribution in [2.45, 2.75) is 19.5 Å². The Bertz CT molecular complexity index is 392. The largest absolute Gasteiger partial charge is 0.494 e. The highest BCUT2D eigenvalue weighted by Crippen LogP contribution is 2.18. The third-order valence-electron chi connectivity index (χ3n) is 2.63. The van der Waals surface area contributed by atoms with Gasteiger partial charge in [-0.1, -0.05) is 12.1 Å². The lowest BCUT2D eigenvalue weighted by atomic mass is 10.1. The number of β-lactam (4-membered cyclic amide) rings is 1. The van der Waals surface area contributed by atoms with Gasteiger partial charge in [-0.15, -0.1) is 0 Å². The molecular formula is C12H16N2O2. The molecule has 0 spiro atoms. The van der Waals surface area contributed by atoms with Crippen LogP contribution in [0.3, 0.4) is 0 Å². The van der Waals surface area contributed by atoms with Crippen molar-refractivity contribution in [1.82, 2.24) is 4.90 Å². The van der Waals surface area contributed by atoms with Crippen LogP contribution in [0.15, 0.2) is 24.3 Å². The van der Waals surface area contributed by atoms with Crippen molar-refractivity contribution in [2.75, 3.05) is 13.2 Å². The van der Waals surface area contributed by atoms with Gasteiger partial charge in [-0.2, -0.15) is 0 Å². The van der Waals surface area contributed by atoms with Gasteiger partial charge in [-0.3, -0.25) is 4.79 Å². The first kappa shape index (κ1) is 11.0. The van der Waals surface area contributed by atoms with Crippen LogP contribution in [-0.4, -0.2) is 30.0 Å². The maximum Gasteiger partial charge on any atom is 0.241 e. The quantitative estimate of drug-likeness (QED) is 0.762. The molecule has 0 saturated carbocycles. The van der Waals surface area contributed by atoms with Crippen molar-refractivity contribution in [3.05, 3.63) is 29.8 Å². The van der Waals surface area contributed by atoms with Crippen molar-refractivity contribution in [3.63, 3.8) is 0 Å². The highest BCUT2D eigenvalue weighted by Gasteiger charge is 2.32. The van der Waals surface area contributed by atoms with E-state index in [9.17, 15) is 4.79 Å². The molecule has 1 saturated heterocycles. The zero-order valence-corrected chi connectivity index (χ0v) is 9.35. The number of nitrogens with two attached hydrogens (primary N) is 1. The molecule has 1 aliphatic heterocycles. The fourth-order valence-electron chi connectivity index (χ4n) is 1.79. The van der Waals surface area contributed by atoms with E-state index in [1.54, 1.807) is 4.90 Å². The molecule has 1 aliphatic rings. The number of ether oxygens (including phenoxy) is 1. The Morgan fingerprint density at radius 2 is 2.38 bits per heavy atom. The number of amides is 1. The van der Waals surface area contributed by atoms with Gasteiger partial charge in [-0.05, 0) is 24.6 Å². The lowest BCUT2D eigenvalue weighted by Gasteiger charge is -2.36. The van der Waals surface area contributed by atoms with Crippen molar-refractivity contribution >= 4 is 5.91 Å². The van der Waals surface area contributed by atoms with E-state index in [1.165, 1.54) is 0 Å². The van der Waals surface area contributed by atoms with E-state index in [1.807, 2.05) is 31.2 Å². The van der Waals surface area contributed by atoms with E-state index in [-0.39, 0.29) is 11.9 Å². The van der Waals surface area contributed by atoms with Gasteiger partial charge < -0.3 is 15.4 Å². The standard InChI is InChI=1S/C12H16N2O2/c1-2-16-10-5-3-4-9(6-10)7-14-8-11(13)12(14)15/h3-6,11H,2,7-8,13H2,1H3. The third kappa shape index (κ3) is 2.17. The predicted molar refractivity (Wildman–Crippen MR) is 61.0 cm³/mol. The number of hydrogen-bond donors (Lipinski definition) is 1. The van der Waals surface area contributed by atoms with E-state index in [2.05, 4.69) is 0 Å². The van der Waals surface area contributed by atoms with Gasteiger partial charge >= 0.3 is 0 Å². The summed E-state index contributed by atoms with van der Waals surface area (Å²) in [6.07, 6.45) is 0. The highest BCUT2D eigenvalue weighted by atomic mass is 16.5. The van der Waals surface area contributed by atoms with Crippen LogP contribution in [-0.2, 0) is 11.3 Å². The first-order valence-corrected chi connectivity index (χ1v) is 5.47. The Morgan fingerprint density at radius 3 is 3.00 bits per heavy atom. The molecule has 2 N–H and O–H groups in total. The monoisotopic (exact) mass is 220 g/mol. The number of rotatable bonds is 4. The van der Waals surface area contributed by atoms with Gasteiger partial charge in [0.2, 0.25) is 5.91 Å². The molecule has 1 aromatic carbocycles. The minimum absolute atomic E-state index is 0.0295. The second-order valence-corrected chi connectivity index (χ2v) is 3.91. The van der Waals surface area contributed by atoms with Crippen LogP contribution in [0.4, 0.5) is 0 Å². The molecule has 1 aromatic rings. The molecular weight excluding hydrogens is 204 g/mol. The van der Waals surface area contributed by atoms with Gasteiger partial charge in [-0.25, -0.2) is 0 Å². The van der Waals surface area contributed by atoms with Crippen molar-refractivity contribution < 1.29 is 9.53 Å². The minimum Gasteiger partial charge on any atom is -0.494 e. The zero-order chi connectivity index (χ0) is 11.5. The number of nitrogens with zero attached hydrogens (tertiary/aromatic N) is 1. The summed E-state index contributed by atoms with van der Waals surface area (Å²) in [6, 6.07) is 7.50. The summed E-state index contributed by atoms with van der Waals surface area (Å²) in [5, 5.41) is 0. The Morgan fingerprint density at radius 1 is 1.56 bits per heavy atom. The van der Waals surface area contributed by atoms with Crippen LogP contribution >= 0.6 is 0 Å². The summed E-state index contributed by atoms with van der Waals surface area (Å²) >= 11 is 0. The third-order valence-corrected chi connectivity index (χ3v) is 2.63. The van der Waals surface area contributed by atoms with E-state index < -0.39 is 0 Å². The SMILES string of the molecule is CCOc1cccc(CN2CC(N)C2=O)c1. The van der Waals surface area contributed by atoms with Crippen LogP contribution < -0.4 is 10.5 Å². The fourth-order valence-corrected chi connectivity index (χ4v) is 1.79. The molecule has 1 unspecified atom stereocenters. The number of hydrogen-bond acceptors (Lipinski definition) is 3. The van der Waals surface area contributed by atoms with Crippen molar-refractivity contribution in [1.29, 1.82) is 0 Å². The molecule has 1 atom stereocenters. The summed E-state index contributed by atoms with van der Waals surface area (Å²) in [5.74, 6) is 0.874. The first-order valence-electron chi connectivity index (χ1n) is 5.47. The van der Waals surface area contributed by atoms with Crippen LogP contribution in [0.2, 0.25) is 0 Å². The molecule has 86 valence electrons. The molecule has 0 radical (unpaired) electrons. The first-order chi connectivity index (χ1) is 7.70. The van der Waals surface area contributed by atoms with Crippen LogP contribution in [0, 0.1) is 0 Å². The smallest absolute Gasteiger partial charge is 0.241 e. The maximum absolute atomic E-state index is 11.3. The average Bonchev–Trinajstić information content (AvgIpc) is 2.29. The van der Waals surface area contributed by atoms with Gasteiger partial charge in [0.15, 0.2) is 0 Å². The molecule has 1 heterocycles. The van der Waals surface area contributed by atoms with Crippen LogP contribution in [0.1, 0.15) is 12.5 Å². The van der Waals surface area contributed by atoms with E-state index in [0.717, 1.165) is 11.3 Å². The lowest BCUT2D eigenvalue weighted by molar-refractivity contribution is -0.143. The summed E-state index contributed by atoms with van der Waals surface area (Å²) in [6.45, 7) is 3.87. The summed E-state index contributed by atoms with van der Waals surface area (Å²) in [7, 11) is 0. The van der Waals surface area contributed by atoms with E-state index in [0.29, 0.717) is 19.7 Å². The molecule has 0 aliphatic carbocycles. The predicted octanol–water partition coefficient (Wildman–Crippen LogP) is 0.755. The van der Waals surface area contributed by atoms with Gasteiger partial charge in [0.1, 0.15) is 11.8 Å². The maximum atomic E-state index is 11.3. The van der Waals surface area contributed by atoms with Crippen LogP contribution in [0.5, 0.6) is 5.75 Å². The molecule has 0 aromatic heterocycles. The second kappa shape index (κ2) is 4.53. The second-order valence-electron chi connectivity index (χ2n) is 3.91. The van der Waals surface area contributed by atoms with Crippen molar-refractivity contribution in [3.8, 4) is 5.75 Å². The topological polar surface area (TPSA) is 55.6 Å². The number of carbonyl (C=O) groups excluding carboxylic acids is 1. The van der Waals surface area contributed by atoms with Crippen LogP contribution in [0.25, 0.3) is 0 Å². The molecule has 2 rings (SSSR count). The Balaban J connectivity index is 1.99. The molecule has 0 bridgehead atoms. The van der Waals surface area contributed by atoms with E-state index in [4.69, 9.17) is 10.5 Å². The zero-order valence-electron chi connectivity index (χ0n) is 9.35. The summed E-state index contributed by atoms with van der Waals surface area (Å²) in [4.78, 5) is 13.1. The molecule has 1 fully saturated rings. The Kier molecular flexibility index (Phi) is 3.10. The average molecular weight is 220 g/mol. The summed E-state index contributed by atoms with van der Waals surface area (Å²) in [5.41, 5.74) is 6.60. The molecule has 4 heteroatoms. The fraction of sp³-hybridized carbons (Fsp3) is 0.417. The van der Waals surface area contributed by atoms with E-state index >= 15 is 0 Å². The normalized spacial score (nSPS) is 19.5. The van der Waals surface area contributed by atoms with Gasteiger partial charge in [0, 0.05) is 13.1 Å². The molecule has 4 nitrogen and oxygen atoms in total. The minimum atomic E-state index is -0.296. The van der Waals surface area contributed by atoms with Crippen molar-refractivity contribution in [2.24, 2.45) is 5.73 Å². The number of benzene rings is 1. The Hall–Kier alpha value is -1.55. The van der Waals surface area contributed by atoms with Gasteiger partial charge in [0.25, 0.3) is 0 Å². The summed E-state index contributed by atoms with van der Waals surface area (Å²) < 4.78 is 5.40. The number of likely N-dealkylation sites (tertiary alicyclic amines) is 1. The lowest BCUT2D eigenvalue weighted by Crippen LogP contribution is -2.60. The van der Waals surface area contributed by atoms with Gasteiger partial charge in [0.05, 0.1) is 6.61 Å².